The first-order valence-electron chi connectivity index (χ1n) is 17.7. The second-order valence-corrected chi connectivity index (χ2v) is 17.1. The van der Waals surface area contributed by atoms with Gasteiger partial charge in [0.15, 0.2) is 0 Å². The lowest BCUT2D eigenvalue weighted by molar-refractivity contribution is -0.147. The number of alkyl halides is 3. The van der Waals surface area contributed by atoms with Crippen LogP contribution in [0.25, 0.3) is 22.2 Å². The highest BCUT2D eigenvalue weighted by Crippen LogP contribution is 2.44. The lowest BCUT2D eigenvalue weighted by atomic mass is 9.88. The van der Waals surface area contributed by atoms with Gasteiger partial charge in [0, 0.05) is 63.8 Å². The van der Waals surface area contributed by atoms with Crippen molar-refractivity contribution >= 4 is 40.2 Å². The van der Waals surface area contributed by atoms with Crippen LogP contribution in [0.3, 0.4) is 0 Å². The number of carbonyl (C=O) groups is 2. The van der Waals surface area contributed by atoms with E-state index in [9.17, 15) is 27.9 Å². The molecule has 1 atom stereocenters. The number of para-hydroxylation sites is 1. The molecule has 3 heterocycles. The minimum atomic E-state index is -4.47. The summed E-state index contributed by atoms with van der Waals surface area (Å²) in [5.41, 5.74) is 3.86. The number of nitrogens with zero attached hydrogens (tertiary/aromatic N) is 3. The summed E-state index contributed by atoms with van der Waals surface area (Å²) in [5, 5.41) is 11.1. The molecule has 0 saturated heterocycles. The van der Waals surface area contributed by atoms with E-state index in [0.717, 1.165) is 50.6 Å². The zero-order valence-electron chi connectivity index (χ0n) is 31.2. The molecule has 1 amide bonds. The molecule has 1 N–H and O–H groups in total. The van der Waals surface area contributed by atoms with Gasteiger partial charge in [0.1, 0.15) is 19.0 Å². The van der Waals surface area contributed by atoms with Gasteiger partial charge >= 0.3 is 12.1 Å². The van der Waals surface area contributed by atoms with Gasteiger partial charge in [-0.05, 0) is 67.8 Å². The first-order chi connectivity index (χ1) is 25.4. The van der Waals surface area contributed by atoms with Gasteiger partial charge in [-0.1, -0.05) is 63.2 Å². The first-order valence-corrected chi connectivity index (χ1v) is 18.5. The smallest absolute Gasteiger partial charge is 0.417 e. The number of pyridine rings is 1. The molecule has 0 bridgehead atoms. The van der Waals surface area contributed by atoms with Crippen molar-refractivity contribution in [1.82, 2.24) is 9.55 Å². The molecule has 3 aromatic carbocycles. The molecule has 0 radical (unpaired) electrons. The Morgan fingerprint density at radius 2 is 1.69 bits per heavy atom. The lowest BCUT2D eigenvalue weighted by Gasteiger charge is -2.25. The molecule has 284 valence electrons. The van der Waals surface area contributed by atoms with E-state index >= 15 is 0 Å². The fraction of sp³-hybridized carbons (Fsp3) is 0.357. The van der Waals surface area contributed by atoms with Gasteiger partial charge in [0.05, 0.1) is 22.7 Å². The molecule has 1 aliphatic heterocycles. The minimum absolute atomic E-state index is 0.0398. The molecule has 12 heteroatoms. The first kappa shape index (κ1) is 38.9. The van der Waals surface area contributed by atoms with Crippen molar-refractivity contribution in [1.29, 1.82) is 0 Å². The van der Waals surface area contributed by atoms with Crippen LogP contribution in [0.5, 0.6) is 5.75 Å². The summed E-state index contributed by atoms with van der Waals surface area (Å²) in [6, 6.07) is 23.4. The van der Waals surface area contributed by atoms with Gasteiger partial charge in [0.25, 0.3) is 5.91 Å². The predicted octanol–water partition coefficient (Wildman–Crippen LogP) is 9.30. The molecule has 54 heavy (non-hydrogen) atoms. The van der Waals surface area contributed by atoms with Crippen molar-refractivity contribution in [3.05, 3.63) is 107 Å². The number of hydrogen-bond donors (Lipinski definition) is 1. The third-order valence-electron chi connectivity index (χ3n) is 9.42. The molecular formula is C42H44F3N3O5S. The molecule has 2 aromatic heterocycles. The quantitative estimate of drug-likeness (QED) is 0.127. The summed E-state index contributed by atoms with van der Waals surface area (Å²) in [6.45, 7) is 10.4. The van der Waals surface area contributed by atoms with E-state index in [4.69, 9.17) is 9.47 Å². The molecule has 0 aliphatic carbocycles. The van der Waals surface area contributed by atoms with E-state index < -0.39 is 23.1 Å². The van der Waals surface area contributed by atoms with Gasteiger partial charge in [-0.25, -0.2) is 0 Å². The third-order valence-corrected chi connectivity index (χ3v) is 10.7. The van der Waals surface area contributed by atoms with Crippen LogP contribution in [0.4, 0.5) is 18.9 Å². The van der Waals surface area contributed by atoms with Crippen molar-refractivity contribution in [2.75, 3.05) is 25.2 Å². The van der Waals surface area contributed by atoms with Crippen LogP contribution in [0.2, 0.25) is 0 Å². The highest BCUT2D eigenvalue weighted by atomic mass is 32.2. The van der Waals surface area contributed by atoms with E-state index in [2.05, 4.69) is 30.3 Å². The predicted molar refractivity (Wildman–Crippen MR) is 205 cm³/mol. The van der Waals surface area contributed by atoms with Crippen molar-refractivity contribution in [2.45, 2.75) is 75.9 Å². The van der Waals surface area contributed by atoms with Crippen LogP contribution in [-0.4, -0.2) is 57.6 Å². The van der Waals surface area contributed by atoms with Gasteiger partial charge < -0.3 is 24.0 Å². The van der Waals surface area contributed by atoms with Gasteiger partial charge in [-0.15, -0.1) is 11.8 Å². The van der Waals surface area contributed by atoms with Crippen molar-refractivity contribution in [3.8, 4) is 17.0 Å². The van der Waals surface area contributed by atoms with E-state index in [1.165, 1.54) is 13.2 Å². The largest absolute Gasteiger partial charge is 0.491 e. The molecule has 0 fully saturated rings. The number of carbonyl (C=O) groups excluding carboxylic acids is 1. The van der Waals surface area contributed by atoms with Crippen molar-refractivity contribution < 1.29 is 37.3 Å². The SMILES string of the molecule is COCC(=O)N1c2ccccc2C[C@H]1COc1ccc2c(c1)c(SC(C)(C)C)c(CC(C)(C)C(=O)O)n2Cc1ccc(-c2ccc(C(F)(F)F)cn2)cc1. The van der Waals surface area contributed by atoms with Gasteiger partial charge in [-0.2, -0.15) is 13.2 Å². The number of carboxylic acids is 1. The molecule has 0 saturated carbocycles. The van der Waals surface area contributed by atoms with Gasteiger partial charge in [0.2, 0.25) is 0 Å². The molecule has 5 aromatic rings. The summed E-state index contributed by atoms with van der Waals surface area (Å²) in [6.07, 6.45) is -2.72. The van der Waals surface area contributed by atoms with E-state index in [1.807, 2.05) is 66.7 Å². The number of thioether (sulfide) groups is 1. The average Bonchev–Trinajstić information content (AvgIpc) is 3.61. The minimum Gasteiger partial charge on any atom is -0.491 e. The molecule has 8 nitrogen and oxygen atoms in total. The highest BCUT2D eigenvalue weighted by molar-refractivity contribution is 8.00. The Bertz CT molecular complexity index is 2160. The number of aliphatic carboxylic acids is 1. The Labute approximate surface area is 317 Å². The summed E-state index contributed by atoms with van der Waals surface area (Å²) in [7, 11) is 1.50. The van der Waals surface area contributed by atoms with Crippen LogP contribution in [-0.2, 0) is 39.9 Å². The molecule has 0 spiro atoms. The van der Waals surface area contributed by atoms with Crippen LogP contribution in [0, 0.1) is 5.41 Å². The Hall–Kier alpha value is -4.81. The number of aromatic nitrogens is 2. The van der Waals surface area contributed by atoms with Crippen molar-refractivity contribution in [3.63, 3.8) is 0 Å². The van der Waals surface area contributed by atoms with E-state index in [0.29, 0.717) is 30.0 Å². The maximum atomic E-state index is 13.1. The second kappa shape index (κ2) is 15.1. The number of ether oxygens (including phenoxy) is 2. The Balaban J connectivity index is 1.36. The van der Waals surface area contributed by atoms with Crippen LogP contribution in [0.1, 0.15) is 57.0 Å². The average molecular weight is 760 g/mol. The summed E-state index contributed by atoms with van der Waals surface area (Å²) >= 11 is 1.67. The number of rotatable bonds is 12. The number of anilines is 1. The number of methoxy groups -OCH3 is 1. The number of hydrogen-bond acceptors (Lipinski definition) is 6. The number of fused-ring (bicyclic) bond motifs is 2. The molecule has 6 rings (SSSR count). The Morgan fingerprint density at radius 3 is 2.31 bits per heavy atom. The van der Waals surface area contributed by atoms with E-state index in [-0.39, 0.29) is 36.3 Å². The zero-order valence-corrected chi connectivity index (χ0v) is 32.0. The Kier molecular flexibility index (Phi) is 10.9. The number of halogens is 3. The number of carboxylic acid groups (broad SMARTS) is 1. The zero-order chi connectivity index (χ0) is 39.0. The summed E-state index contributed by atoms with van der Waals surface area (Å²) < 4.78 is 52.9. The summed E-state index contributed by atoms with van der Waals surface area (Å²) in [4.78, 5) is 32.4. The second-order valence-electron chi connectivity index (χ2n) is 15.2. The van der Waals surface area contributed by atoms with Crippen LogP contribution in [0.15, 0.2) is 90.0 Å². The van der Waals surface area contributed by atoms with Crippen LogP contribution >= 0.6 is 11.8 Å². The third kappa shape index (κ3) is 8.44. The molecule has 0 unspecified atom stereocenters. The molecule has 1 aliphatic rings. The highest BCUT2D eigenvalue weighted by Gasteiger charge is 2.35. The number of benzene rings is 3. The fourth-order valence-electron chi connectivity index (χ4n) is 6.73. The van der Waals surface area contributed by atoms with Crippen molar-refractivity contribution in [2.24, 2.45) is 5.41 Å². The number of amides is 1. The topological polar surface area (TPSA) is 93.9 Å². The van der Waals surface area contributed by atoms with Gasteiger partial charge in [-0.3, -0.25) is 14.6 Å². The Morgan fingerprint density at radius 1 is 0.963 bits per heavy atom. The van der Waals surface area contributed by atoms with E-state index in [1.54, 1.807) is 30.5 Å². The summed E-state index contributed by atoms with van der Waals surface area (Å²) in [5.74, 6) is -0.418. The normalized spacial score (nSPS) is 14.8. The monoisotopic (exact) mass is 759 g/mol. The molecular weight excluding hydrogens is 716 g/mol. The standard InChI is InChI=1S/C42H44F3N3O5S/c1-40(2,3)54-38-32-20-31(53-24-30-19-28-9-7-8-10-34(28)48(30)37(49)25-52-6)16-18-35(32)47(36(38)21-41(4,5)39(50)51)23-26-11-13-27(14-12-26)33-17-15-29(22-46-33)42(43,44)45/h7-18,20,22,30H,19,21,23-25H2,1-6H3,(H,50,51)/t30-/m0/s1. The maximum absolute atomic E-state index is 13.1. The maximum Gasteiger partial charge on any atom is 0.417 e. The fourth-order valence-corrected chi connectivity index (χ4v) is 7.92. The lowest BCUT2D eigenvalue weighted by Crippen LogP contribution is -2.43. The van der Waals surface area contributed by atoms with Crippen LogP contribution < -0.4 is 9.64 Å².